The van der Waals surface area contributed by atoms with Gasteiger partial charge in [0, 0.05) is 74.7 Å². The van der Waals surface area contributed by atoms with Crippen LogP contribution in [0.25, 0.3) is 11.1 Å². The van der Waals surface area contributed by atoms with Crippen LogP contribution in [0.5, 0.6) is 0 Å². The van der Waals surface area contributed by atoms with Gasteiger partial charge in [-0.2, -0.15) is 0 Å². The fourth-order valence-corrected chi connectivity index (χ4v) is 5.91. The molecule has 41 heavy (non-hydrogen) atoms. The number of halogens is 1. The molecule has 7 heteroatoms. The summed E-state index contributed by atoms with van der Waals surface area (Å²) in [4.78, 5) is 25.0. The van der Waals surface area contributed by atoms with Crippen molar-refractivity contribution in [3.63, 3.8) is 0 Å². The Balaban J connectivity index is 1.14. The van der Waals surface area contributed by atoms with Gasteiger partial charge in [0.1, 0.15) is 5.82 Å². The predicted octanol–water partition coefficient (Wildman–Crippen LogP) is 6.14. The number of aryl methyl sites for hydroxylation is 1. The number of nitrogens with zero attached hydrogens (tertiary/aromatic N) is 4. The summed E-state index contributed by atoms with van der Waals surface area (Å²) < 4.78 is 0. The second-order valence-electron chi connectivity index (χ2n) is 11.0. The largest absolute Gasteiger partial charge is 0.367 e. The number of carbonyl (C=O) groups is 1. The van der Waals surface area contributed by atoms with E-state index in [2.05, 4.69) is 70.6 Å². The summed E-state index contributed by atoms with van der Waals surface area (Å²) in [6.07, 6.45) is 2.94. The van der Waals surface area contributed by atoms with Gasteiger partial charge in [0.25, 0.3) is 5.91 Å². The number of benzene rings is 3. The van der Waals surface area contributed by atoms with E-state index >= 15 is 0 Å². The van der Waals surface area contributed by atoms with Crippen molar-refractivity contribution < 1.29 is 4.79 Å². The Bertz CT molecular complexity index is 1520. The lowest BCUT2D eigenvalue weighted by Crippen LogP contribution is -2.49. The van der Waals surface area contributed by atoms with Crippen molar-refractivity contribution in [3.05, 3.63) is 112 Å². The molecule has 0 bridgehead atoms. The van der Waals surface area contributed by atoms with Gasteiger partial charge in [-0.3, -0.25) is 9.69 Å². The van der Waals surface area contributed by atoms with E-state index in [-0.39, 0.29) is 5.91 Å². The summed E-state index contributed by atoms with van der Waals surface area (Å²) >= 11 is 6.30. The van der Waals surface area contributed by atoms with Crippen molar-refractivity contribution >= 4 is 29.0 Å². The lowest BCUT2D eigenvalue weighted by atomic mass is 10.0. The Kier molecular flexibility index (Phi) is 8.21. The summed E-state index contributed by atoms with van der Waals surface area (Å²) in [7, 11) is 0. The normalized spacial score (nSPS) is 15.4. The number of pyridine rings is 1. The lowest BCUT2D eigenvalue weighted by molar-refractivity contribution is 0.0638. The van der Waals surface area contributed by atoms with Crippen LogP contribution in [0.4, 0.5) is 11.5 Å². The summed E-state index contributed by atoms with van der Waals surface area (Å²) in [5.41, 5.74) is 7.58. The molecule has 0 unspecified atom stereocenters. The molecule has 2 aliphatic rings. The van der Waals surface area contributed by atoms with Crippen molar-refractivity contribution in [3.8, 4) is 11.1 Å². The molecule has 0 saturated carbocycles. The Hall–Kier alpha value is -3.87. The van der Waals surface area contributed by atoms with Gasteiger partial charge in [-0.25, -0.2) is 4.98 Å². The molecule has 3 heterocycles. The minimum absolute atomic E-state index is 0.0974. The number of carbonyl (C=O) groups excluding carboxylic acids is 1. The van der Waals surface area contributed by atoms with Gasteiger partial charge in [0.15, 0.2) is 0 Å². The monoisotopic (exact) mass is 565 g/mol. The average molecular weight is 566 g/mol. The molecule has 0 atom stereocenters. The summed E-state index contributed by atoms with van der Waals surface area (Å²) in [5.74, 6) is 0.984. The van der Waals surface area contributed by atoms with Crippen molar-refractivity contribution in [1.82, 2.24) is 14.8 Å². The van der Waals surface area contributed by atoms with Gasteiger partial charge < -0.3 is 15.1 Å². The van der Waals surface area contributed by atoms with E-state index in [1.54, 1.807) is 0 Å². The highest BCUT2D eigenvalue weighted by atomic mass is 35.5. The average Bonchev–Trinajstić information content (AvgIpc) is 3.02. The highest BCUT2D eigenvalue weighted by Gasteiger charge is 2.23. The first-order valence-corrected chi connectivity index (χ1v) is 14.8. The van der Waals surface area contributed by atoms with Gasteiger partial charge in [-0.1, -0.05) is 60.1 Å². The first-order valence-electron chi connectivity index (χ1n) is 14.4. The molecule has 1 fully saturated rings. The molecule has 1 saturated heterocycles. The Labute approximate surface area is 247 Å². The molecule has 3 aromatic carbocycles. The van der Waals surface area contributed by atoms with Crippen LogP contribution in [0, 0.1) is 6.92 Å². The first-order chi connectivity index (χ1) is 20.0. The maximum atomic E-state index is 13.5. The van der Waals surface area contributed by atoms with E-state index in [4.69, 9.17) is 16.6 Å². The molecule has 2 aliphatic heterocycles. The van der Waals surface area contributed by atoms with E-state index in [0.717, 1.165) is 92.0 Å². The third-order valence-electron chi connectivity index (χ3n) is 8.22. The van der Waals surface area contributed by atoms with E-state index in [1.165, 1.54) is 16.7 Å². The number of rotatable bonds is 7. The predicted molar refractivity (Wildman–Crippen MR) is 168 cm³/mol. The van der Waals surface area contributed by atoms with Crippen LogP contribution in [0.15, 0.2) is 85.1 Å². The second-order valence-corrected chi connectivity index (χ2v) is 11.4. The van der Waals surface area contributed by atoms with Crippen molar-refractivity contribution in [1.29, 1.82) is 0 Å². The Morgan fingerprint density at radius 2 is 1.73 bits per heavy atom. The fourth-order valence-electron chi connectivity index (χ4n) is 5.72. The number of anilines is 2. The number of hydrogen-bond acceptors (Lipinski definition) is 5. The Morgan fingerprint density at radius 1 is 0.902 bits per heavy atom. The number of aromatic nitrogens is 1. The van der Waals surface area contributed by atoms with Crippen LogP contribution in [-0.2, 0) is 13.0 Å². The van der Waals surface area contributed by atoms with Crippen LogP contribution < -0.4 is 10.2 Å². The molecule has 0 aliphatic carbocycles. The molecule has 0 radical (unpaired) electrons. The van der Waals surface area contributed by atoms with E-state index in [1.807, 2.05) is 41.4 Å². The van der Waals surface area contributed by atoms with Gasteiger partial charge in [0.05, 0.1) is 5.69 Å². The molecule has 1 aromatic heterocycles. The van der Waals surface area contributed by atoms with Gasteiger partial charge in [-0.15, -0.1) is 0 Å². The van der Waals surface area contributed by atoms with E-state index in [0.29, 0.717) is 0 Å². The third-order valence-corrected chi connectivity index (χ3v) is 8.45. The molecule has 6 nitrogen and oxygen atoms in total. The lowest BCUT2D eigenvalue weighted by Gasteiger charge is -2.35. The number of amides is 1. The maximum Gasteiger partial charge on any atom is 0.253 e. The Morgan fingerprint density at radius 3 is 2.56 bits per heavy atom. The minimum Gasteiger partial charge on any atom is -0.367 e. The highest BCUT2D eigenvalue weighted by molar-refractivity contribution is 6.30. The van der Waals surface area contributed by atoms with Crippen LogP contribution in [0.1, 0.15) is 27.0 Å². The van der Waals surface area contributed by atoms with Crippen molar-refractivity contribution in [2.75, 3.05) is 56.0 Å². The molecule has 0 spiro atoms. The van der Waals surface area contributed by atoms with E-state index < -0.39 is 0 Å². The van der Waals surface area contributed by atoms with Crippen LogP contribution in [0.3, 0.4) is 0 Å². The first kappa shape index (κ1) is 27.3. The second kappa shape index (κ2) is 12.3. The smallest absolute Gasteiger partial charge is 0.253 e. The SMILES string of the molecule is Cc1ccc(Cl)cc1CN1CCNc2ncc(-c3cccc(C(=O)N4CCN(CCc5ccccc5)CC4)c3)cc21. The zero-order valence-corrected chi connectivity index (χ0v) is 24.3. The number of piperazine rings is 1. The molecule has 4 aromatic rings. The molecule has 1 N–H and O–H groups in total. The summed E-state index contributed by atoms with van der Waals surface area (Å²) in [6, 6.07) is 26.8. The molecule has 6 rings (SSSR count). The van der Waals surface area contributed by atoms with Crippen LogP contribution >= 0.6 is 11.6 Å². The quantitative estimate of drug-likeness (QED) is 0.291. The van der Waals surface area contributed by atoms with Crippen LogP contribution in [-0.4, -0.2) is 66.5 Å². The number of nitrogens with one attached hydrogen (secondary N) is 1. The zero-order chi connectivity index (χ0) is 28.2. The topological polar surface area (TPSA) is 51.7 Å². The molecule has 1 amide bonds. The maximum absolute atomic E-state index is 13.5. The van der Waals surface area contributed by atoms with Gasteiger partial charge >= 0.3 is 0 Å². The van der Waals surface area contributed by atoms with E-state index in [9.17, 15) is 4.79 Å². The third kappa shape index (κ3) is 6.39. The zero-order valence-electron chi connectivity index (χ0n) is 23.5. The van der Waals surface area contributed by atoms with Crippen molar-refractivity contribution in [2.45, 2.75) is 19.9 Å². The minimum atomic E-state index is 0.0974. The molecular weight excluding hydrogens is 530 g/mol. The fraction of sp³-hybridized carbons (Fsp3) is 0.294. The summed E-state index contributed by atoms with van der Waals surface area (Å²) in [6.45, 7) is 8.93. The molecular formula is C34H36ClN5O. The number of hydrogen-bond donors (Lipinski definition) is 1. The highest BCUT2D eigenvalue weighted by Crippen LogP contribution is 2.33. The number of fused-ring (bicyclic) bond motifs is 1. The summed E-state index contributed by atoms with van der Waals surface area (Å²) in [5, 5.41) is 4.19. The van der Waals surface area contributed by atoms with Crippen LogP contribution in [0.2, 0.25) is 5.02 Å². The standard InChI is InChI=1S/C34H36ClN5O/c1-25-10-11-31(35)21-30(25)24-40-15-13-36-33-32(40)22-29(23-37-33)27-8-5-9-28(20-27)34(41)39-18-16-38(17-19-39)14-12-26-6-3-2-4-7-26/h2-11,20-23H,12-19,24H2,1H3,(H,36,37). The van der Waals surface area contributed by atoms with Gasteiger partial charge in [-0.05, 0) is 65.9 Å². The van der Waals surface area contributed by atoms with Gasteiger partial charge in [0.2, 0.25) is 0 Å². The molecule has 210 valence electrons. The van der Waals surface area contributed by atoms with Crippen molar-refractivity contribution in [2.24, 2.45) is 0 Å².